The van der Waals surface area contributed by atoms with Gasteiger partial charge in [0.15, 0.2) is 0 Å². The Balaban J connectivity index is 2.10. The van der Waals surface area contributed by atoms with Crippen LogP contribution in [0.1, 0.15) is 57.3 Å². The van der Waals surface area contributed by atoms with E-state index < -0.39 is 5.60 Å². The summed E-state index contributed by atoms with van der Waals surface area (Å²) >= 11 is 0. The normalized spacial score (nSPS) is 28.1. The van der Waals surface area contributed by atoms with Crippen LogP contribution in [0.15, 0.2) is 6.07 Å². The van der Waals surface area contributed by atoms with Gasteiger partial charge in [0.2, 0.25) is 0 Å². The van der Waals surface area contributed by atoms with E-state index in [2.05, 4.69) is 25.0 Å². The van der Waals surface area contributed by atoms with E-state index in [9.17, 15) is 5.11 Å². The molecule has 0 aromatic carbocycles. The molecule has 0 aliphatic heterocycles. The van der Waals surface area contributed by atoms with Gasteiger partial charge in [0.05, 0.1) is 11.3 Å². The van der Waals surface area contributed by atoms with Crippen molar-refractivity contribution in [3.8, 4) is 0 Å². The SMILES string of the molecule is Cc1cc(CC2(O)CCCC(C)(C)CC2)n(C)n1. The average molecular weight is 250 g/mol. The van der Waals surface area contributed by atoms with E-state index in [0.29, 0.717) is 5.41 Å². The summed E-state index contributed by atoms with van der Waals surface area (Å²) in [5, 5.41) is 15.2. The van der Waals surface area contributed by atoms with Crippen molar-refractivity contribution < 1.29 is 5.11 Å². The first kappa shape index (κ1) is 13.6. The van der Waals surface area contributed by atoms with Gasteiger partial charge in [-0.25, -0.2) is 0 Å². The molecule has 18 heavy (non-hydrogen) atoms. The van der Waals surface area contributed by atoms with Crippen LogP contribution in [0.5, 0.6) is 0 Å². The van der Waals surface area contributed by atoms with Gasteiger partial charge in [0.1, 0.15) is 0 Å². The van der Waals surface area contributed by atoms with Crippen LogP contribution in [0.4, 0.5) is 0 Å². The molecule has 1 aromatic heterocycles. The Morgan fingerprint density at radius 3 is 2.61 bits per heavy atom. The van der Waals surface area contributed by atoms with Crippen LogP contribution in [0.2, 0.25) is 0 Å². The Kier molecular flexibility index (Phi) is 3.54. The topological polar surface area (TPSA) is 38.0 Å². The highest BCUT2D eigenvalue weighted by Crippen LogP contribution is 2.39. The molecule has 1 aliphatic rings. The predicted octanol–water partition coefficient (Wildman–Crippen LogP) is 2.99. The summed E-state index contributed by atoms with van der Waals surface area (Å²) < 4.78 is 1.91. The summed E-state index contributed by atoms with van der Waals surface area (Å²) in [5.41, 5.74) is 2.03. The zero-order valence-corrected chi connectivity index (χ0v) is 12.2. The second kappa shape index (κ2) is 4.69. The standard InChI is InChI=1S/C15H26N2O/c1-12-10-13(17(4)16-12)11-15(18)7-5-6-14(2,3)8-9-15/h10,18H,5-9,11H2,1-4H3. The van der Waals surface area contributed by atoms with Gasteiger partial charge < -0.3 is 5.11 Å². The Hall–Kier alpha value is -0.830. The van der Waals surface area contributed by atoms with E-state index in [0.717, 1.165) is 43.5 Å². The highest BCUT2D eigenvalue weighted by atomic mass is 16.3. The van der Waals surface area contributed by atoms with Crippen LogP contribution < -0.4 is 0 Å². The maximum atomic E-state index is 10.8. The Morgan fingerprint density at radius 1 is 1.28 bits per heavy atom. The third-order valence-corrected chi connectivity index (χ3v) is 4.37. The molecule has 1 fully saturated rings. The molecule has 1 N–H and O–H groups in total. The molecule has 0 saturated heterocycles. The minimum Gasteiger partial charge on any atom is -0.389 e. The lowest BCUT2D eigenvalue weighted by atomic mass is 9.83. The number of aryl methyl sites for hydroxylation is 2. The van der Waals surface area contributed by atoms with Crippen LogP contribution >= 0.6 is 0 Å². The number of hydrogen-bond acceptors (Lipinski definition) is 2. The predicted molar refractivity (Wildman–Crippen MR) is 73.5 cm³/mol. The van der Waals surface area contributed by atoms with Crippen molar-refractivity contribution in [2.24, 2.45) is 12.5 Å². The third kappa shape index (κ3) is 3.14. The van der Waals surface area contributed by atoms with Gasteiger partial charge in [0.25, 0.3) is 0 Å². The van der Waals surface area contributed by atoms with Gasteiger partial charge in [-0.05, 0) is 44.1 Å². The van der Waals surface area contributed by atoms with Crippen molar-refractivity contribution in [2.75, 3.05) is 0 Å². The fourth-order valence-corrected chi connectivity index (χ4v) is 3.06. The second-order valence-electron chi connectivity index (χ2n) is 6.82. The van der Waals surface area contributed by atoms with E-state index in [1.54, 1.807) is 0 Å². The summed E-state index contributed by atoms with van der Waals surface area (Å²) in [4.78, 5) is 0. The molecule has 0 amide bonds. The van der Waals surface area contributed by atoms with Crippen LogP contribution in [0.3, 0.4) is 0 Å². The Morgan fingerprint density at radius 2 is 2.00 bits per heavy atom. The highest BCUT2D eigenvalue weighted by Gasteiger charge is 2.34. The molecule has 1 heterocycles. The van der Waals surface area contributed by atoms with Crippen molar-refractivity contribution in [3.05, 3.63) is 17.5 Å². The van der Waals surface area contributed by atoms with Crippen LogP contribution in [0, 0.1) is 12.3 Å². The maximum Gasteiger partial charge on any atom is 0.0703 e. The van der Waals surface area contributed by atoms with E-state index in [1.807, 2.05) is 18.7 Å². The molecular formula is C15H26N2O. The van der Waals surface area contributed by atoms with Gasteiger partial charge in [0, 0.05) is 19.2 Å². The van der Waals surface area contributed by atoms with Gasteiger partial charge in [-0.15, -0.1) is 0 Å². The molecule has 0 radical (unpaired) electrons. The molecule has 0 spiro atoms. The van der Waals surface area contributed by atoms with Crippen LogP contribution in [0.25, 0.3) is 0 Å². The van der Waals surface area contributed by atoms with Crippen molar-refractivity contribution in [1.82, 2.24) is 9.78 Å². The number of hydrogen-bond donors (Lipinski definition) is 1. The summed E-state index contributed by atoms with van der Waals surface area (Å²) in [6, 6.07) is 2.09. The number of nitrogens with zero attached hydrogens (tertiary/aromatic N) is 2. The lowest BCUT2D eigenvalue weighted by Gasteiger charge is -2.28. The lowest BCUT2D eigenvalue weighted by molar-refractivity contribution is 0.0209. The molecule has 1 unspecified atom stereocenters. The Bertz CT molecular complexity index is 422. The largest absolute Gasteiger partial charge is 0.389 e. The lowest BCUT2D eigenvalue weighted by Crippen LogP contribution is -2.32. The molecule has 3 nitrogen and oxygen atoms in total. The van der Waals surface area contributed by atoms with Crippen molar-refractivity contribution >= 4 is 0 Å². The zero-order chi connectivity index (χ0) is 13.4. The summed E-state index contributed by atoms with van der Waals surface area (Å²) in [7, 11) is 1.96. The second-order valence-corrected chi connectivity index (χ2v) is 6.82. The summed E-state index contributed by atoms with van der Waals surface area (Å²) in [5.74, 6) is 0. The van der Waals surface area contributed by atoms with Crippen molar-refractivity contribution in [3.63, 3.8) is 0 Å². The molecule has 3 heteroatoms. The Labute approximate surface area is 110 Å². The number of rotatable bonds is 2. The number of aliphatic hydroxyl groups is 1. The minimum absolute atomic E-state index is 0.382. The van der Waals surface area contributed by atoms with Gasteiger partial charge in [-0.1, -0.05) is 20.3 Å². The fraction of sp³-hybridized carbons (Fsp3) is 0.800. The van der Waals surface area contributed by atoms with E-state index in [-0.39, 0.29) is 0 Å². The van der Waals surface area contributed by atoms with E-state index in [4.69, 9.17) is 0 Å². The third-order valence-electron chi connectivity index (χ3n) is 4.37. The average Bonchev–Trinajstić information content (AvgIpc) is 2.46. The maximum absolute atomic E-state index is 10.8. The smallest absolute Gasteiger partial charge is 0.0703 e. The molecule has 1 aromatic rings. The summed E-state index contributed by atoms with van der Waals surface area (Å²) in [6.07, 6.45) is 6.02. The first-order chi connectivity index (χ1) is 8.30. The van der Waals surface area contributed by atoms with E-state index in [1.165, 1.54) is 6.42 Å². The van der Waals surface area contributed by atoms with E-state index >= 15 is 0 Å². The van der Waals surface area contributed by atoms with Gasteiger partial charge in [-0.3, -0.25) is 4.68 Å². The molecule has 102 valence electrons. The molecule has 1 atom stereocenters. The molecule has 0 bridgehead atoms. The quantitative estimate of drug-likeness (QED) is 0.819. The number of aromatic nitrogens is 2. The molecule has 1 saturated carbocycles. The van der Waals surface area contributed by atoms with Gasteiger partial charge >= 0.3 is 0 Å². The van der Waals surface area contributed by atoms with Crippen molar-refractivity contribution in [1.29, 1.82) is 0 Å². The molecule has 2 rings (SSSR count). The van der Waals surface area contributed by atoms with Gasteiger partial charge in [-0.2, -0.15) is 5.10 Å². The highest BCUT2D eigenvalue weighted by molar-refractivity contribution is 5.11. The fourth-order valence-electron chi connectivity index (χ4n) is 3.06. The minimum atomic E-state index is -0.534. The molecular weight excluding hydrogens is 224 g/mol. The van der Waals surface area contributed by atoms with Crippen LogP contribution in [-0.2, 0) is 13.5 Å². The van der Waals surface area contributed by atoms with Crippen LogP contribution in [-0.4, -0.2) is 20.5 Å². The monoisotopic (exact) mass is 250 g/mol. The first-order valence-electron chi connectivity index (χ1n) is 7.02. The van der Waals surface area contributed by atoms with Crippen molar-refractivity contribution in [2.45, 2.75) is 64.9 Å². The molecule has 1 aliphatic carbocycles. The summed E-state index contributed by atoms with van der Waals surface area (Å²) in [6.45, 7) is 6.63. The first-order valence-corrected chi connectivity index (χ1v) is 7.02. The zero-order valence-electron chi connectivity index (χ0n) is 12.2.